The number of halogens is 1. The normalized spacial score (nSPS) is 10.7. The molecule has 8 nitrogen and oxygen atoms in total. The number of rotatable bonds is 7. The maximum atomic E-state index is 5.93. The average Bonchev–Trinajstić information content (AvgIpc) is 3.25. The summed E-state index contributed by atoms with van der Waals surface area (Å²) >= 11 is 3.47. The zero-order chi connectivity index (χ0) is 21.1. The van der Waals surface area contributed by atoms with Gasteiger partial charge in [-0.2, -0.15) is 4.98 Å². The summed E-state index contributed by atoms with van der Waals surface area (Å²) in [5.74, 6) is 2.72. The first-order valence-electron chi connectivity index (χ1n) is 8.96. The predicted molar refractivity (Wildman–Crippen MR) is 117 cm³/mol. The van der Waals surface area contributed by atoms with Crippen molar-refractivity contribution < 1.29 is 18.9 Å². The summed E-state index contributed by atoms with van der Waals surface area (Å²) in [6.45, 7) is 0. The molecule has 0 atom stereocenters. The van der Waals surface area contributed by atoms with E-state index in [0.717, 1.165) is 10.9 Å². The van der Waals surface area contributed by atoms with Crippen LogP contribution < -0.4 is 24.3 Å². The Morgan fingerprint density at radius 1 is 0.967 bits per heavy atom. The van der Waals surface area contributed by atoms with Gasteiger partial charge in [0.25, 0.3) is 0 Å². The van der Waals surface area contributed by atoms with E-state index in [9.17, 15) is 0 Å². The lowest BCUT2D eigenvalue weighted by atomic mass is 10.2. The van der Waals surface area contributed by atoms with Gasteiger partial charge < -0.3 is 29.2 Å². The van der Waals surface area contributed by atoms with Gasteiger partial charge in [0, 0.05) is 29.4 Å². The molecule has 30 heavy (non-hydrogen) atoms. The second-order valence-electron chi connectivity index (χ2n) is 6.19. The number of H-pyrrole nitrogens is 1. The van der Waals surface area contributed by atoms with E-state index in [2.05, 4.69) is 36.2 Å². The summed E-state index contributed by atoms with van der Waals surface area (Å²) in [6.07, 6.45) is 3.48. The van der Waals surface area contributed by atoms with Crippen LogP contribution in [0.25, 0.3) is 10.9 Å². The molecule has 2 aromatic carbocycles. The Bertz CT molecular complexity index is 1170. The third-order valence-corrected chi connectivity index (χ3v) is 4.98. The van der Waals surface area contributed by atoms with Crippen molar-refractivity contribution in [2.24, 2.45) is 0 Å². The minimum atomic E-state index is 0.204. The Morgan fingerprint density at radius 3 is 2.43 bits per heavy atom. The Balaban J connectivity index is 1.65. The highest BCUT2D eigenvalue weighted by Gasteiger charge is 2.15. The van der Waals surface area contributed by atoms with E-state index in [1.807, 2.05) is 30.5 Å². The SMILES string of the molecule is COc1cc(Nc2nc(Oc3cccc4cc[nH]c34)ncc2Br)cc(OC)c1OC. The fourth-order valence-electron chi connectivity index (χ4n) is 3.02. The zero-order valence-corrected chi connectivity index (χ0v) is 18.1. The smallest absolute Gasteiger partial charge is 0.324 e. The summed E-state index contributed by atoms with van der Waals surface area (Å²) in [7, 11) is 4.69. The number of fused-ring (bicyclic) bond motifs is 1. The Hall–Kier alpha value is -3.46. The molecule has 2 heterocycles. The molecule has 4 rings (SSSR count). The molecule has 0 saturated heterocycles. The molecule has 154 valence electrons. The van der Waals surface area contributed by atoms with Crippen LogP contribution in [0.5, 0.6) is 29.0 Å². The molecule has 0 aliphatic rings. The maximum Gasteiger partial charge on any atom is 0.324 e. The number of hydrogen-bond donors (Lipinski definition) is 2. The van der Waals surface area contributed by atoms with Crippen LogP contribution in [-0.4, -0.2) is 36.3 Å². The second-order valence-corrected chi connectivity index (χ2v) is 7.04. The number of anilines is 2. The average molecular weight is 471 g/mol. The summed E-state index contributed by atoms with van der Waals surface area (Å²) in [4.78, 5) is 11.9. The zero-order valence-electron chi connectivity index (χ0n) is 16.5. The fraction of sp³-hybridized carbons (Fsp3) is 0.143. The number of aromatic nitrogens is 3. The van der Waals surface area contributed by atoms with Crippen molar-refractivity contribution in [3.63, 3.8) is 0 Å². The summed E-state index contributed by atoms with van der Waals surface area (Å²) < 4.78 is 22.8. The number of aromatic amines is 1. The maximum absolute atomic E-state index is 5.93. The van der Waals surface area contributed by atoms with Crippen LogP contribution in [0.2, 0.25) is 0 Å². The van der Waals surface area contributed by atoms with Crippen LogP contribution in [0.1, 0.15) is 0 Å². The number of ether oxygens (including phenoxy) is 4. The third kappa shape index (κ3) is 3.84. The molecule has 0 spiro atoms. The number of hydrogen-bond acceptors (Lipinski definition) is 7. The van der Waals surface area contributed by atoms with Crippen molar-refractivity contribution in [3.8, 4) is 29.0 Å². The fourth-order valence-corrected chi connectivity index (χ4v) is 3.31. The Morgan fingerprint density at radius 2 is 1.73 bits per heavy atom. The second kappa shape index (κ2) is 8.50. The van der Waals surface area contributed by atoms with Crippen molar-refractivity contribution in [3.05, 3.63) is 53.3 Å². The van der Waals surface area contributed by atoms with Gasteiger partial charge in [-0.05, 0) is 28.1 Å². The lowest BCUT2D eigenvalue weighted by molar-refractivity contribution is 0.324. The Kier molecular flexibility index (Phi) is 5.62. The molecule has 0 aliphatic heterocycles. The first-order chi connectivity index (χ1) is 14.6. The number of para-hydroxylation sites is 1. The molecule has 0 saturated carbocycles. The molecule has 2 N–H and O–H groups in total. The molecule has 2 aromatic heterocycles. The first kappa shape index (κ1) is 19.8. The highest BCUT2D eigenvalue weighted by Crippen LogP contribution is 2.41. The van der Waals surface area contributed by atoms with Gasteiger partial charge in [0.15, 0.2) is 23.1 Å². The monoisotopic (exact) mass is 470 g/mol. The van der Waals surface area contributed by atoms with Gasteiger partial charge in [-0.25, -0.2) is 4.98 Å². The van der Waals surface area contributed by atoms with Crippen LogP contribution in [-0.2, 0) is 0 Å². The highest BCUT2D eigenvalue weighted by atomic mass is 79.9. The summed E-state index contributed by atoms with van der Waals surface area (Å²) in [6, 6.07) is 11.5. The van der Waals surface area contributed by atoms with E-state index in [1.54, 1.807) is 39.7 Å². The molecule has 0 aliphatic carbocycles. The van der Waals surface area contributed by atoms with Crippen molar-refractivity contribution in [2.45, 2.75) is 0 Å². The molecule has 9 heteroatoms. The number of nitrogens with zero attached hydrogens (tertiary/aromatic N) is 2. The lowest BCUT2D eigenvalue weighted by Gasteiger charge is -2.15. The topological polar surface area (TPSA) is 90.5 Å². The standard InChI is InChI=1S/C21H19BrN4O4/c1-27-16-9-13(10-17(28-2)19(16)29-3)25-20-14(22)11-24-21(26-20)30-15-6-4-5-12-7-8-23-18(12)15/h4-11,23H,1-3H3,(H,24,25,26). The minimum Gasteiger partial charge on any atom is -0.493 e. The van der Waals surface area contributed by atoms with Crippen LogP contribution in [0.15, 0.2) is 53.3 Å². The van der Waals surface area contributed by atoms with Gasteiger partial charge in [0.1, 0.15) is 0 Å². The van der Waals surface area contributed by atoms with E-state index in [1.165, 1.54) is 0 Å². The van der Waals surface area contributed by atoms with E-state index >= 15 is 0 Å². The van der Waals surface area contributed by atoms with Crippen LogP contribution in [0, 0.1) is 0 Å². The van der Waals surface area contributed by atoms with Crippen molar-refractivity contribution in [1.82, 2.24) is 15.0 Å². The molecule has 0 bridgehead atoms. The number of nitrogens with one attached hydrogen (secondary N) is 2. The third-order valence-electron chi connectivity index (χ3n) is 4.40. The van der Waals surface area contributed by atoms with E-state index in [-0.39, 0.29) is 6.01 Å². The van der Waals surface area contributed by atoms with Gasteiger partial charge >= 0.3 is 6.01 Å². The molecule has 4 aromatic rings. The molecular formula is C21H19BrN4O4. The van der Waals surface area contributed by atoms with Gasteiger partial charge in [-0.1, -0.05) is 12.1 Å². The molecule has 0 unspecified atom stereocenters. The van der Waals surface area contributed by atoms with E-state index in [4.69, 9.17) is 18.9 Å². The number of benzene rings is 2. The molecule has 0 radical (unpaired) electrons. The minimum absolute atomic E-state index is 0.204. The van der Waals surface area contributed by atoms with Gasteiger partial charge in [-0.15, -0.1) is 0 Å². The van der Waals surface area contributed by atoms with Crippen LogP contribution >= 0.6 is 15.9 Å². The lowest BCUT2D eigenvalue weighted by Crippen LogP contribution is -2.01. The van der Waals surface area contributed by atoms with Gasteiger partial charge in [0.2, 0.25) is 5.75 Å². The number of methoxy groups -OCH3 is 3. The largest absolute Gasteiger partial charge is 0.493 e. The Labute approximate surface area is 181 Å². The predicted octanol–water partition coefficient (Wildman–Crippen LogP) is 5.28. The first-order valence-corrected chi connectivity index (χ1v) is 9.75. The van der Waals surface area contributed by atoms with Crippen molar-refractivity contribution >= 4 is 38.3 Å². The summed E-state index contributed by atoms with van der Waals surface area (Å²) in [5, 5.41) is 4.27. The van der Waals surface area contributed by atoms with Crippen LogP contribution in [0.3, 0.4) is 0 Å². The van der Waals surface area contributed by atoms with E-state index in [0.29, 0.717) is 39.0 Å². The molecule has 0 fully saturated rings. The van der Waals surface area contributed by atoms with E-state index < -0.39 is 0 Å². The molecule has 0 amide bonds. The summed E-state index contributed by atoms with van der Waals surface area (Å²) in [5.41, 5.74) is 1.57. The van der Waals surface area contributed by atoms with Crippen LogP contribution in [0.4, 0.5) is 11.5 Å². The highest BCUT2D eigenvalue weighted by molar-refractivity contribution is 9.10. The van der Waals surface area contributed by atoms with Crippen molar-refractivity contribution in [2.75, 3.05) is 26.6 Å². The van der Waals surface area contributed by atoms with Gasteiger partial charge in [0.05, 0.1) is 37.5 Å². The van der Waals surface area contributed by atoms with Crippen molar-refractivity contribution in [1.29, 1.82) is 0 Å². The molecular weight excluding hydrogens is 452 g/mol. The van der Waals surface area contributed by atoms with Gasteiger partial charge in [-0.3, -0.25) is 0 Å². The quantitative estimate of drug-likeness (QED) is 0.379.